The lowest BCUT2D eigenvalue weighted by molar-refractivity contribution is -0.162. The maximum Gasteiger partial charge on any atom is 0.314 e. The average Bonchev–Trinajstić information content (AvgIpc) is 3.30. The van der Waals surface area contributed by atoms with Gasteiger partial charge in [0.05, 0.1) is 25.8 Å². The maximum absolute atomic E-state index is 15.2. The van der Waals surface area contributed by atoms with E-state index in [1.165, 1.54) is 18.2 Å². The van der Waals surface area contributed by atoms with Gasteiger partial charge in [0, 0.05) is 54.5 Å². The lowest BCUT2D eigenvalue weighted by Gasteiger charge is -2.63. The second kappa shape index (κ2) is 9.54. The van der Waals surface area contributed by atoms with Gasteiger partial charge in [-0.15, -0.1) is 10.2 Å². The quantitative estimate of drug-likeness (QED) is 0.330. The maximum atomic E-state index is 15.2. The summed E-state index contributed by atoms with van der Waals surface area (Å²) >= 11 is 5.74. The van der Waals surface area contributed by atoms with E-state index in [1.807, 2.05) is 4.90 Å². The van der Waals surface area contributed by atoms with Gasteiger partial charge >= 0.3 is 6.43 Å². The molecule has 1 spiro atoms. The van der Waals surface area contributed by atoms with Crippen LogP contribution in [0.5, 0.6) is 0 Å². The van der Waals surface area contributed by atoms with E-state index in [1.54, 1.807) is 4.90 Å². The molecule has 2 aromatic carbocycles. The third-order valence-corrected chi connectivity index (χ3v) is 7.72. The first-order valence-electron chi connectivity index (χ1n) is 11.9. The highest BCUT2D eigenvalue weighted by molar-refractivity contribution is 7.80. The smallest absolute Gasteiger partial charge is 0.314 e. The third-order valence-electron chi connectivity index (χ3n) is 7.24. The topological polar surface area (TPSA) is 57.9 Å². The van der Waals surface area contributed by atoms with Crippen molar-refractivity contribution in [2.24, 2.45) is 5.41 Å². The van der Waals surface area contributed by atoms with E-state index in [0.29, 0.717) is 24.2 Å². The predicted octanol–water partition coefficient (Wildman–Crippen LogP) is 4.40. The summed E-state index contributed by atoms with van der Waals surface area (Å²) in [5, 5.41) is 7.16. The van der Waals surface area contributed by atoms with Crippen molar-refractivity contribution < 1.29 is 31.1 Å². The fourth-order valence-electron chi connectivity index (χ4n) is 5.12. The van der Waals surface area contributed by atoms with E-state index < -0.39 is 29.8 Å². The summed E-state index contributed by atoms with van der Waals surface area (Å²) in [6.07, 6.45) is -2.94. The number of anilines is 1. The van der Waals surface area contributed by atoms with E-state index in [4.69, 9.17) is 21.4 Å². The van der Waals surface area contributed by atoms with Crippen LogP contribution in [-0.4, -0.2) is 70.5 Å². The lowest BCUT2D eigenvalue weighted by atomic mass is 9.72. The van der Waals surface area contributed by atoms with Crippen molar-refractivity contribution in [3.63, 3.8) is 0 Å². The number of nitrogens with zero attached hydrogens (tertiary/aromatic N) is 5. The Balaban J connectivity index is 1.20. The Labute approximate surface area is 219 Å². The van der Waals surface area contributed by atoms with Gasteiger partial charge < -0.3 is 19.0 Å². The van der Waals surface area contributed by atoms with Crippen LogP contribution in [0.15, 0.2) is 40.8 Å². The molecule has 3 aliphatic rings. The minimum Gasteiger partial charge on any atom is -0.415 e. The molecule has 0 bridgehead atoms. The monoisotopic (exact) mass is 551 g/mol. The lowest BCUT2D eigenvalue weighted by Crippen LogP contribution is -2.76. The Kier molecular flexibility index (Phi) is 6.31. The van der Waals surface area contributed by atoms with Crippen LogP contribution in [0, 0.1) is 22.9 Å². The molecule has 3 saturated heterocycles. The first-order chi connectivity index (χ1) is 18.2. The third kappa shape index (κ3) is 4.52. The minimum absolute atomic E-state index is 0.0722. The standard InChI is InChI=1S/C25H22F5N5O2S/c26-18-4-3-16(6-20(18)28)35(24(38)34-12-25(13-34)10-33(11-25)17-8-36-9-17)7-15-2-1-14(5-19(15)27)22-31-32-23(37-22)21(29)30/h1-6,17,21H,7-13H2. The summed E-state index contributed by atoms with van der Waals surface area (Å²) in [4.78, 5) is 5.92. The summed E-state index contributed by atoms with van der Waals surface area (Å²) in [6.45, 7) is 4.76. The molecule has 3 fully saturated rings. The van der Waals surface area contributed by atoms with Crippen LogP contribution < -0.4 is 4.90 Å². The Hall–Kier alpha value is -3.16. The van der Waals surface area contributed by atoms with E-state index in [9.17, 15) is 17.6 Å². The SMILES string of the molecule is Fc1ccc(N(Cc2ccc(-c3nnc(C(F)F)o3)cc2F)C(=S)N2CC3(C2)CN(C2COC2)C3)cc1F. The van der Waals surface area contributed by atoms with Crippen LogP contribution in [0.25, 0.3) is 11.5 Å². The summed E-state index contributed by atoms with van der Waals surface area (Å²) in [7, 11) is 0. The van der Waals surface area contributed by atoms with Crippen LogP contribution in [0.4, 0.5) is 27.6 Å². The van der Waals surface area contributed by atoms with Gasteiger partial charge in [-0.1, -0.05) is 6.07 Å². The fourth-order valence-corrected chi connectivity index (χ4v) is 5.42. The summed E-state index contributed by atoms with van der Waals surface area (Å²) < 4.78 is 78.7. The van der Waals surface area contributed by atoms with E-state index >= 15 is 4.39 Å². The molecular weight excluding hydrogens is 529 g/mol. The largest absolute Gasteiger partial charge is 0.415 e. The van der Waals surface area contributed by atoms with Crippen molar-refractivity contribution in [3.05, 3.63) is 65.3 Å². The van der Waals surface area contributed by atoms with Gasteiger partial charge in [-0.3, -0.25) is 4.90 Å². The summed E-state index contributed by atoms with van der Waals surface area (Å²) in [6, 6.07) is 7.87. The second-order valence-electron chi connectivity index (χ2n) is 9.97. The summed E-state index contributed by atoms with van der Waals surface area (Å²) in [5.41, 5.74) is 0.736. The number of hydrogen-bond donors (Lipinski definition) is 0. The number of ether oxygens (including phenoxy) is 1. The first-order valence-corrected chi connectivity index (χ1v) is 12.4. The minimum atomic E-state index is -2.94. The molecule has 0 radical (unpaired) electrons. The Bertz CT molecular complexity index is 1370. The molecule has 0 N–H and O–H groups in total. The molecule has 7 nitrogen and oxygen atoms in total. The van der Waals surface area contributed by atoms with Crippen molar-refractivity contribution >= 4 is 23.0 Å². The van der Waals surface area contributed by atoms with Gasteiger partial charge in [0.15, 0.2) is 16.7 Å². The van der Waals surface area contributed by atoms with Crippen LogP contribution >= 0.6 is 12.2 Å². The number of benzene rings is 2. The van der Waals surface area contributed by atoms with Gasteiger partial charge in [-0.25, -0.2) is 13.2 Å². The van der Waals surface area contributed by atoms with E-state index in [-0.39, 0.29) is 34.7 Å². The molecule has 3 aliphatic heterocycles. The zero-order valence-corrected chi connectivity index (χ0v) is 20.7. The van der Waals surface area contributed by atoms with Crippen LogP contribution in [-0.2, 0) is 11.3 Å². The van der Waals surface area contributed by atoms with Crippen molar-refractivity contribution in [3.8, 4) is 11.5 Å². The zero-order chi connectivity index (χ0) is 26.6. The predicted molar refractivity (Wildman–Crippen MR) is 130 cm³/mol. The van der Waals surface area contributed by atoms with Crippen molar-refractivity contribution in [2.45, 2.75) is 19.0 Å². The molecule has 0 atom stereocenters. The van der Waals surface area contributed by atoms with Crippen LogP contribution in [0.3, 0.4) is 0 Å². The number of rotatable bonds is 6. The molecule has 0 unspecified atom stereocenters. The molecule has 4 heterocycles. The molecule has 0 saturated carbocycles. The molecule has 3 aromatic rings. The molecule has 6 rings (SSSR count). The highest BCUT2D eigenvalue weighted by Gasteiger charge is 2.55. The highest BCUT2D eigenvalue weighted by atomic mass is 32.1. The van der Waals surface area contributed by atoms with Gasteiger partial charge in [0.2, 0.25) is 5.89 Å². The number of thiocarbonyl (C=S) groups is 1. The Morgan fingerprint density at radius 3 is 2.37 bits per heavy atom. The zero-order valence-electron chi connectivity index (χ0n) is 19.9. The number of aromatic nitrogens is 2. The molecule has 0 aliphatic carbocycles. The van der Waals surface area contributed by atoms with Gasteiger partial charge in [-0.05, 0) is 36.5 Å². The van der Waals surface area contributed by atoms with Crippen LogP contribution in [0.2, 0.25) is 0 Å². The van der Waals surface area contributed by atoms with Gasteiger partial charge in [0.25, 0.3) is 5.89 Å². The molecule has 0 amide bonds. The van der Waals surface area contributed by atoms with Crippen molar-refractivity contribution in [2.75, 3.05) is 44.3 Å². The summed E-state index contributed by atoms with van der Waals surface area (Å²) in [5.74, 6) is -3.83. The first kappa shape index (κ1) is 25.1. The van der Waals surface area contributed by atoms with Gasteiger partial charge in [0.1, 0.15) is 5.82 Å². The van der Waals surface area contributed by atoms with Crippen molar-refractivity contribution in [1.29, 1.82) is 0 Å². The average molecular weight is 552 g/mol. The molecule has 1 aromatic heterocycles. The molecular formula is C25H22F5N5O2S. The number of alkyl halides is 2. The second-order valence-corrected chi connectivity index (χ2v) is 10.3. The number of halogens is 5. The highest BCUT2D eigenvalue weighted by Crippen LogP contribution is 2.42. The van der Waals surface area contributed by atoms with E-state index in [0.717, 1.165) is 44.5 Å². The van der Waals surface area contributed by atoms with Crippen LogP contribution in [0.1, 0.15) is 17.9 Å². The fraction of sp³-hybridized carbons (Fsp3) is 0.400. The number of likely N-dealkylation sites (tertiary alicyclic amines) is 2. The molecule has 13 heteroatoms. The van der Waals surface area contributed by atoms with E-state index in [2.05, 4.69) is 15.1 Å². The molecule has 38 heavy (non-hydrogen) atoms. The Morgan fingerprint density at radius 1 is 1.00 bits per heavy atom. The molecule has 200 valence electrons. The van der Waals surface area contributed by atoms with Crippen molar-refractivity contribution in [1.82, 2.24) is 20.0 Å². The number of hydrogen-bond acceptors (Lipinski definition) is 6. The normalized spacial score (nSPS) is 18.8. The Morgan fingerprint density at radius 2 is 1.76 bits per heavy atom. The van der Waals surface area contributed by atoms with Gasteiger partial charge in [-0.2, -0.15) is 8.78 Å².